The van der Waals surface area contributed by atoms with E-state index in [4.69, 9.17) is 0 Å². The average Bonchev–Trinajstić information content (AvgIpc) is 3.11. The van der Waals surface area contributed by atoms with E-state index in [2.05, 4.69) is 5.10 Å². The molecule has 2 aromatic rings. The van der Waals surface area contributed by atoms with Crippen LogP contribution in [0.15, 0.2) is 30.3 Å². The van der Waals surface area contributed by atoms with E-state index in [1.807, 2.05) is 36.7 Å². The molecule has 1 fully saturated rings. The van der Waals surface area contributed by atoms with Crippen LogP contribution in [0, 0.1) is 19.3 Å². The third-order valence-corrected chi connectivity index (χ3v) is 4.91. The van der Waals surface area contributed by atoms with Crippen molar-refractivity contribution in [1.82, 2.24) is 14.7 Å². The monoisotopic (exact) mass is 341 g/mol. The summed E-state index contributed by atoms with van der Waals surface area (Å²) in [5.41, 5.74) is 2.90. The fraction of sp³-hybridized carbons (Fsp3) is 0.421. The second-order valence-corrected chi connectivity index (χ2v) is 7.12. The molecule has 1 saturated heterocycles. The Morgan fingerprint density at radius 1 is 1.24 bits per heavy atom. The largest absolute Gasteiger partial charge is 0.481 e. The number of amides is 1. The van der Waals surface area contributed by atoms with Crippen LogP contribution in [0.5, 0.6) is 0 Å². The van der Waals surface area contributed by atoms with Gasteiger partial charge >= 0.3 is 5.97 Å². The Labute approximate surface area is 147 Å². The van der Waals surface area contributed by atoms with Gasteiger partial charge in [0.25, 0.3) is 5.91 Å². The zero-order chi connectivity index (χ0) is 18.2. The molecule has 0 bridgehead atoms. The van der Waals surface area contributed by atoms with Gasteiger partial charge in [0.05, 0.1) is 17.7 Å². The van der Waals surface area contributed by atoms with E-state index in [0.29, 0.717) is 25.1 Å². The lowest BCUT2D eigenvalue weighted by molar-refractivity contribution is -0.147. The summed E-state index contributed by atoms with van der Waals surface area (Å²) < 4.78 is 1.94. The lowest BCUT2D eigenvalue weighted by Gasteiger charge is -2.20. The molecule has 0 radical (unpaired) electrons. The van der Waals surface area contributed by atoms with Crippen LogP contribution in [0.3, 0.4) is 0 Å². The fourth-order valence-electron chi connectivity index (χ4n) is 3.25. The van der Waals surface area contributed by atoms with Gasteiger partial charge in [-0.25, -0.2) is 0 Å². The number of rotatable bonds is 4. The molecule has 1 aliphatic rings. The van der Waals surface area contributed by atoms with E-state index >= 15 is 0 Å². The van der Waals surface area contributed by atoms with Crippen molar-refractivity contribution in [2.24, 2.45) is 5.41 Å². The van der Waals surface area contributed by atoms with Gasteiger partial charge in [0.2, 0.25) is 0 Å². The number of carboxylic acid groups (broad SMARTS) is 1. The first-order valence-corrected chi connectivity index (χ1v) is 8.41. The number of aryl methyl sites for hydroxylation is 2. The Balaban J connectivity index is 1.69. The number of carbonyl (C=O) groups is 2. The molecule has 1 atom stereocenters. The number of nitrogens with zero attached hydrogens (tertiary/aromatic N) is 3. The number of benzene rings is 1. The molecule has 2 heterocycles. The molecule has 1 N–H and O–H groups in total. The van der Waals surface area contributed by atoms with Gasteiger partial charge in [0.15, 0.2) is 0 Å². The van der Waals surface area contributed by atoms with Crippen LogP contribution in [0.25, 0.3) is 0 Å². The Morgan fingerprint density at radius 2 is 1.92 bits per heavy atom. The van der Waals surface area contributed by atoms with Crippen molar-refractivity contribution in [3.05, 3.63) is 52.8 Å². The molecule has 1 aromatic carbocycles. The molecular formula is C19H23N3O3. The summed E-state index contributed by atoms with van der Waals surface area (Å²) in [6.45, 7) is 7.08. The van der Waals surface area contributed by atoms with Crippen molar-refractivity contribution in [3.8, 4) is 0 Å². The first kappa shape index (κ1) is 17.2. The summed E-state index contributed by atoms with van der Waals surface area (Å²) in [4.78, 5) is 25.6. The highest BCUT2D eigenvalue weighted by Gasteiger charge is 2.42. The summed E-state index contributed by atoms with van der Waals surface area (Å²) in [5, 5.41) is 13.7. The zero-order valence-corrected chi connectivity index (χ0v) is 14.8. The minimum absolute atomic E-state index is 0.109. The molecule has 6 nitrogen and oxygen atoms in total. The fourth-order valence-corrected chi connectivity index (χ4v) is 3.25. The number of hydrogen-bond donors (Lipinski definition) is 1. The number of aliphatic carboxylic acids is 1. The molecule has 0 saturated carbocycles. The van der Waals surface area contributed by atoms with E-state index in [1.54, 1.807) is 24.0 Å². The molecule has 0 unspecified atom stereocenters. The zero-order valence-electron chi connectivity index (χ0n) is 14.8. The Morgan fingerprint density at radius 3 is 2.44 bits per heavy atom. The minimum Gasteiger partial charge on any atom is -0.481 e. The number of hydrogen-bond acceptors (Lipinski definition) is 3. The quantitative estimate of drug-likeness (QED) is 0.927. The predicted octanol–water partition coefficient (Wildman–Crippen LogP) is 2.49. The maximum absolute atomic E-state index is 12.6. The maximum Gasteiger partial charge on any atom is 0.311 e. The lowest BCUT2D eigenvalue weighted by Crippen LogP contribution is -2.34. The summed E-state index contributed by atoms with van der Waals surface area (Å²) >= 11 is 0. The van der Waals surface area contributed by atoms with Gasteiger partial charge in [-0.05, 0) is 51.0 Å². The molecule has 0 aliphatic carbocycles. The van der Waals surface area contributed by atoms with E-state index in [9.17, 15) is 14.7 Å². The molecule has 1 aromatic heterocycles. The van der Waals surface area contributed by atoms with Crippen molar-refractivity contribution >= 4 is 11.9 Å². The van der Waals surface area contributed by atoms with E-state index in [1.165, 1.54) is 0 Å². The van der Waals surface area contributed by atoms with Crippen LogP contribution >= 0.6 is 0 Å². The highest BCUT2D eigenvalue weighted by Crippen LogP contribution is 2.31. The normalized spacial score (nSPS) is 20.0. The van der Waals surface area contributed by atoms with Crippen molar-refractivity contribution in [3.63, 3.8) is 0 Å². The first-order valence-electron chi connectivity index (χ1n) is 8.41. The van der Waals surface area contributed by atoms with E-state index < -0.39 is 11.4 Å². The van der Waals surface area contributed by atoms with Crippen molar-refractivity contribution < 1.29 is 14.7 Å². The third kappa shape index (κ3) is 3.43. The van der Waals surface area contributed by atoms with Gasteiger partial charge in [-0.2, -0.15) is 5.10 Å². The number of aromatic nitrogens is 2. The number of carboxylic acids is 1. The Bertz CT molecular complexity index is 810. The molecule has 3 rings (SSSR count). The molecule has 1 aliphatic heterocycles. The molecular weight excluding hydrogens is 318 g/mol. The Hall–Kier alpha value is -2.63. The van der Waals surface area contributed by atoms with Gasteiger partial charge in [0.1, 0.15) is 0 Å². The minimum atomic E-state index is -0.844. The van der Waals surface area contributed by atoms with Crippen molar-refractivity contribution in [1.29, 1.82) is 0 Å². The van der Waals surface area contributed by atoms with Crippen LogP contribution in [0.4, 0.5) is 0 Å². The summed E-state index contributed by atoms with van der Waals surface area (Å²) in [6.07, 6.45) is 0.490. The average molecular weight is 341 g/mol. The predicted molar refractivity (Wildman–Crippen MR) is 93.5 cm³/mol. The van der Waals surface area contributed by atoms with Crippen LogP contribution in [-0.2, 0) is 11.3 Å². The van der Waals surface area contributed by atoms with Gasteiger partial charge < -0.3 is 10.0 Å². The molecule has 132 valence electrons. The third-order valence-electron chi connectivity index (χ3n) is 4.91. The lowest BCUT2D eigenvalue weighted by atomic mass is 9.90. The highest BCUT2D eigenvalue weighted by molar-refractivity contribution is 5.95. The maximum atomic E-state index is 12.6. The molecule has 1 amide bonds. The summed E-state index contributed by atoms with van der Waals surface area (Å²) in [6, 6.07) is 9.50. The summed E-state index contributed by atoms with van der Waals surface area (Å²) in [7, 11) is 0. The van der Waals surface area contributed by atoms with Gasteiger partial charge in [-0.15, -0.1) is 0 Å². The molecule has 25 heavy (non-hydrogen) atoms. The summed E-state index contributed by atoms with van der Waals surface area (Å²) in [5.74, 6) is -0.953. The smallest absolute Gasteiger partial charge is 0.311 e. The van der Waals surface area contributed by atoms with Crippen LogP contribution in [-0.4, -0.2) is 44.8 Å². The number of likely N-dealkylation sites (tertiary alicyclic amines) is 1. The standard InChI is InChI=1S/C19H23N3O3/c1-13-10-14(2)22(20-13)11-15-4-6-16(7-5-15)17(23)21-9-8-19(3,12-21)18(24)25/h4-7,10H,8-9,11-12H2,1-3H3,(H,24,25)/t19-/m1/s1. The van der Waals surface area contributed by atoms with Crippen molar-refractivity contribution in [2.75, 3.05) is 13.1 Å². The second-order valence-electron chi connectivity index (χ2n) is 7.12. The molecule has 6 heteroatoms. The number of carbonyl (C=O) groups excluding carboxylic acids is 1. The molecule has 0 spiro atoms. The van der Waals surface area contributed by atoms with Gasteiger partial charge in [-0.3, -0.25) is 14.3 Å². The first-order chi connectivity index (χ1) is 11.8. The Kier molecular flexibility index (Phi) is 4.37. The van der Waals surface area contributed by atoms with E-state index in [0.717, 1.165) is 17.0 Å². The SMILES string of the molecule is Cc1cc(C)n(Cc2ccc(C(=O)N3CC[C@@](C)(C(=O)O)C3)cc2)n1. The van der Waals surface area contributed by atoms with Gasteiger partial charge in [-0.1, -0.05) is 12.1 Å². The second kappa shape index (κ2) is 6.35. The highest BCUT2D eigenvalue weighted by atomic mass is 16.4. The van der Waals surface area contributed by atoms with Crippen LogP contribution < -0.4 is 0 Å². The topological polar surface area (TPSA) is 75.4 Å². The van der Waals surface area contributed by atoms with Crippen LogP contribution in [0.1, 0.15) is 40.7 Å². The van der Waals surface area contributed by atoms with E-state index in [-0.39, 0.29) is 12.5 Å². The van der Waals surface area contributed by atoms with Crippen LogP contribution in [0.2, 0.25) is 0 Å². The van der Waals surface area contributed by atoms with Gasteiger partial charge in [0, 0.05) is 24.3 Å². The van der Waals surface area contributed by atoms with Crippen molar-refractivity contribution in [2.45, 2.75) is 33.7 Å².